The molecule has 0 aliphatic carbocycles. The fraction of sp³-hybridized carbons (Fsp3) is 0.364. The predicted molar refractivity (Wildman–Crippen MR) is 124 cm³/mol. The van der Waals surface area contributed by atoms with Gasteiger partial charge >= 0.3 is 0 Å². The fourth-order valence-corrected chi connectivity index (χ4v) is 5.37. The Morgan fingerprint density at radius 2 is 1.84 bits per heavy atom. The van der Waals surface area contributed by atoms with Gasteiger partial charge in [-0.2, -0.15) is 4.31 Å². The molecule has 0 saturated carbocycles. The first kappa shape index (κ1) is 22.1. The molecular weight excluding hydrogens is 426 g/mol. The molecule has 1 fully saturated rings. The molecule has 0 radical (unpaired) electrons. The quantitative estimate of drug-likeness (QED) is 0.585. The number of anilines is 3. The normalized spacial score (nSPS) is 17.2. The van der Waals surface area contributed by atoms with Crippen LogP contribution in [0.4, 0.5) is 17.6 Å². The summed E-state index contributed by atoms with van der Waals surface area (Å²) >= 11 is 0. The number of aryl methyl sites for hydroxylation is 2. The van der Waals surface area contributed by atoms with Crippen molar-refractivity contribution in [2.75, 3.05) is 30.8 Å². The fourth-order valence-electron chi connectivity index (χ4n) is 3.76. The molecule has 3 aromatic rings. The van der Waals surface area contributed by atoms with Gasteiger partial charge in [-0.15, -0.1) is 0 Å². The number of hydrogen-bond acceptors (Lipinski definition) is 8. The van der Waals surface area contributed by atoms with Crippen LogP contribution in [0.3, 0.4) is 0 Å². The van der Waals surface area contributed by atoms with Gasteiger partial charge in [0.05, 0.1) is 10.6 Å². The highest BCUT2D eigenvalue weighted by Gasteiger charge is 2.31. The number of piperidine rings is 1. The second-order valence-corrected chi connectivity index (χ2v) is 9.85. The molecule has 1 aliphatic heterocycles. The zero-order valence-electron chi connectivity index (χ0n) is 18.4. The zero-order chi connectivity index (χ0) is 22.7. The number of nitrogens with zero attached hydrogens (tertiary/aromatic N) is 5. The van der Waals surface area contributed by atoms with Gasteiger partial charge in [0, 0.05) is 38.3 Å². The molecular formula is C22H27N7O2S. The number of benzene rings is 1. The summed E-state index contributed by atoms with van der Waals surface area (Å²) in [5.41, 5.74) is 2.86. The van der Waals surface area contributed by atoms with Crippen LogP contribution in [-0.4, -0.2) is 52.8 Å². The Kier molecular flexibility index (Phi) is 6.33. The van der Waals surface area contributed by atoms with E-state index in [0.717, 1.165) is 29.7 Å². The lowest BCUT2D eigenvalue weighted by Gasteiger charge is -2.31. The Morgan fingerprint density at radius 3 is 2.62 bits per heavy atom. The molecule has 3 heterocycles. The first-order valence-electron chi connectivity index (χ1n) is 10.5. The molecule has 9 nitrogen and oxygen atoms in total. The molecule has 1 atom stereocenters. The van der Waals surface area contributed by atoms with E-state index in [1.807, 2.05) is 26.0 Å². The topological polar surface area (TPSA) is 113 Å². The largest absolute Gasteiger partial charge is 0.373 e. The highest BCUT2D eigenvalue weighted by molar-refractivity contribution is 7.89. The summed E-state index contributed by atoms with van der Waals surface area (Å²) in [6.07, 6.45) is 4.78. The molecule has 1 aromatic carbocycles. The van der Waals surface area contributed by atoms with E-state index in [1.165, 1.54) is 6.33 Å². The van der Waals surface area contributed by atoms with Crippen molar-refractivity contribution in [3.05, 3.63) is 59.7 Å². The third-order valence-electron chi connectivity index (χ3n) is 5.76. The van der Waals surface area contributed by atoms with Crippen molar-refractivity contribution < 1.29 is 8.42 Å². The van der Waals surface area contributed by atoms with Gasteiger partial charge < -0.3 is 10.6 Å². The molecule has 10 heteroatoms. The van der Waals surface area contributed by atoms with E-state index in [1.54, 1.807) is 35.7 Å². The van der Waals surface area contributed by atoms with Crippen LogP contribution in [0.2, 0.25) is 0 Å². The Labute approximate surface area is 188 Å². The van der Waals surface area contributed by atoms with Crippen molar-refractivity contribution >= 4 is 27.6 Å². The molecule has 0 bridgehead atoms. The maximum atomic E-state index is 13.3. The molecule has 0 amide bonds. The van der Waals surface area contributed by atoms with Crippen LogP contribution in [0.5, 0.6) is 0 Å². The number of rotatable bonds is 6. The minimum Gasteiger partial charge on any atom is -0.373 e. The van der Waals surface area contributed by atoms with E-state index in [2.05, 4.69) is 30.6 Å². The average Bonchev–Trinajstić information content (AvgIpc) is 2.81. The van der Waals surface area contributed by atoms with Gasteiger partial charge in [-0.25, -0.2) is 28.4 Å². The molecule has 32 heavy (non-hydrogen) atoms. The monoisotopic (exact) mass is 453 g/mol. The maximum Gasteiger partial charge on any atom is 0.243 e. The van der Waals surface area contributed by atoms with Gasteiger partial charge in [-0.05, 0) is 56.0 Å². The Hall–Kier alpha value is -3.11. The Morgan fingerprint density at radius 1 is 1.03 bits per heavy atom. The van der Waals surface area contributed by atoms with E-state index in [-0.39, 0.29) is 5.92 Å². The number of aromatic nitrogens is 4. The van der Waals surface area contributed by atoms with Gasteiger partial charge in [-0.3, -0.25) is 0 Å². The Bertz CT molecular complexity index is 1220. The van der Waals surface area contributed by atoms with E-state index in [0.29, 0.717) is 35.6 Å². The van der Waals surface area contributed by atoms with Gasteiger partial charge in [0.25, 0.3) is 0 Å². The van der Waals surface area contributed by atoms with Gasteiger partial charge in [-0.1, -0.05) is 6.07 Å². The summed E-state index contributed by atoms with van der Waals surface area (Å²) in [4.78, 5) is 17.5. The summed E-state index contributed by atoms with van der Waals surface area (Å²) in [6, 6.07) is 8.91. The lowest BCUT2D eigenvalue weighted by Crippen LogP contribution is -2.39. The van der Waals surface area contributed by atoms with Crippen molar-refractivity contribution in [2.24, 2.45) is 0 Å². The van der Waals surface area contributed by atoms with Crippen LogP contribution in [0.15, 0.2) is 47.8 Å². The molecule has 2 aromatic heterocycles. The summed E-state index contributed by atoms with van der Waals surface area (Å²) in [6.45, 7) is 4.81. The summed E-state index contributed by atoms with van der Waals surface area (Å²) in [5, 5.41) is 6.05. The lowest BCUT2D eigenvalue weighted by molar-refractivity contribution is 0.312. The molecule has 1 unspecified atom stereocenters. The van der Waals surface area contributed by atoms with E-state index in [9.17, 15) is 8.42 Å². The third-order valence-corrected chi connectivity index (χ3v) is 7.62. The van der Waals surface area contributed by atoms with Crippen LogP contribution in [0.1, 0.15) is 35.6 Å². The van der Waals surface area contributed by atoms with E-state index < -0.39 is 10.0 Å². The zero-order valence-corrected chi connectivity index (χ0v) is 19.2. The second kappa shape index (κ2) is 9.17. The van der Waals surface area contributed by atoms with Crippen molar-refractivity contribution in [2.45, 2.75) is 37.5 Å². The van der Waals surface area contributed by atoms with Crippen LogP contribution in [0.25, 0.3) is 0 Å². The predicted octanol–water partition coefficient (Wildman–Crippen LogP) is 3.24. The molecule has 1 saturated heterocycles. The van der Waals surface area contributed by atoms with Crippen molar-refractivity contribution in [3.63, 3.8) is 0 Å². The van der Waals surface area contributed by atoms with Crippen LogP contribution < -0.4 is 10.6 Å². The molecule has 4 rings (SSSR count). The summed E-state index contributed by atoms with van der Waals surface area (Å²) in [5.74, 6) is 1.66. The standard InChI is InChI=1S/C22H27N7O2S/c1-15-6-7-18(11-16(15)2)32(30,31)29-10-4-5-17(13-29)19-8-9-24-22(27-19)28-21-12-20(23-3)25-14-26-21/h6-9,11-12,14,17H,4-5,10,13H2,1-3H3,(H2,23,24,25,26,27,28). The minimum absolute atomic E-state index is 0.00751. The second-order valence-electron chi connectivity index (χ2n) is 7.92. The van der Waals surface area contributed by atoms with Crippen LogP contribution in [-0.2, 0) is 10.0 Å². The highest BCUT2D eigenvalue weighted by atomic mass is 32.2. The van der Waals surface area contributed by atoms with Crippen molar-refractivity contribution in [1.82, 2.24) is 24.2 Å². The van der Waals surface area contributed by atoms with Crippen LogP contribution in [0, 0.1) is 13.8 Å². The minimum atomic E-state index is -3.56. The SMILES string of the molecule is CNc1cc(Nc2nccc(C3CCCN(S(=O)(=O)c4ccc(C)c(C)c4)C3)n2)ncn1. The van der Waals surface area contributed by atoms with Crippen LogP contribution >= 0.6 is 0 Å². The molecule has 0 spiro atoms. The maximum absolute atomic E-state index is 13.3. The third kappa shape index (κ3) is 4.71. The average molecular weight is 454 g/mol. The van der Waals surface area contributed by atoms with E-state index in [4.69, 9.17) is 0 Å². The highest BCUT2D eigenvalue weighted by Crippen LogP contribution is 2.30. The Balaban J connectivity index is 1.53. The molecule has 2 N–H and O–H groups in total. The number of sulfonamides is 1. The van der Waals surface area contributed by atoms with Gasteiger partial charge in [0.15, 0.2) is 0 Å². The first-order chi connectivity index (χ1) is 15.4. The summed E-state index contributed by atoms with van der Waals surface area (Å²) in [7, 11) is -1.78. The van der Waals surface area contributed by atoms with Crippen molar-refractivity contribution in [1.29, 1.82) is 0 Å². The molecule has 168 valence electrons. The van der Waals surface area contributed by atoms with E-state index >= 15 is 0 Å². The van der Waals surface area contributed by atoms with Gasteiger partial charge in [0.2, 0.25) is 16.0 Å². The number of nitrogens with one attached hydrogen (secondary N) is 2. The smallest absolute Gasteiger partial charge is 0.243 e. The lowest BCUT2D eigenvalue weighted by atomic mass is 9.96. The number of hydrogen-bond donors (Lipinski definition) is 2. The van der Waals surface area contributed by atoms with Gasteiger partial charge in [0.1, 0.15) is 18.0 Å². The molecule has 1 aliphatic rings. The summed E-state index contributed by atoms with van der Waals surface area (Å²) < 4.78 is 28.1. The van der Waals surface area contributed by atoms with Crippen molar-refractivity contribution in [3.8, 4) is 0 Å². The first-order valence-corrected chi connectivity index (χ1v) is 12.0.